The maximum atomic E-state index is 5.93. The number of benzene rings is 1. The van der Waals surface area contributed by atoms with Crippen LogP contribution >= 0.6 is 11.6 Å². The van der Waals surface area contributed by atoms with Crippen molar-refractivity contribution in [2.45, 2.75) is 0 Å². The molecule has 0 N–H and O–H groups in total. The Hall–Kier alpha value is -1.93. The molecule has 82 valence electrons. The smallest absolute Gasteiger partial charge is 0.0723 e. The van der Waals surface area contributed by atoms with Crippen molar-refractivity contribution in [1.82, 2.24) is 4.98 Å². The van der Waals surface area contributed by atoms with Crippen molar-refractivity contribution < 1.29 is 0 Å². The van der Waals surface area contributed by atoms with Crippen LogP contribution in [-0.2, 0) is 0 Å². The zero-order valence-electron chi connectivity index (χ0n) is 8.97. The molecule has 2 heterocycles. The van der Waals surface area contributed by atoms with Crippen LogP contribution in [0, 0.1) is 0 Å². The molecule has 0 aliphatic carbocycles. The minimum absolute atomic E-state index is 0.714. The van der Waals surface area contributed by atoms with E-state index < -0.39 is 0 Å². The first-order valence-electron chi connectivity index (χ1n) is 5.29. The van der Waals surface area contributed by atoms with Gasteiger partial charge in [0.25, 0.3) is 0 Å². The number of allylic oxidation sites excluding steroid dienone is 1. The van der Waals surface area contributed by atoms with Gasteiger partial charge >= 0.3 is 0 Å². The third kappa shape index (κ3) is 1.99. The number of aromatic nitrogens is 1. The van der Waals surface area contributed by atoms with Gasteiger partial charge in [-0.25, -0.2) is 0 Å². The summed E-state index contributed by atoms with van der Waals surface area (Å²) >= 11 is 5.93. The lowest BCUT2D eigenvalue weighted by molar-refractivity contribution is 1.32. The fraction of sp³-hybridized carbons (Fsp3) is 0. The van der Waals surface area contributed by atoms with E-state index in [2.05, 4.69) is 16.1 Å². The maximum absolute atomic E-state index is 5.93. The fourth-order valence-electron chi connectivity index (χ4n) is 1.82. The highest BCUT2D eigenvalue weighted by Crippen LogP contribution is 2.34. The number of nitrogens with zero attached hydrogens (tertiary/aromatic N) is 2. The third-order valence-corrected chi connectivity index (χ3v) is 2.88. The summed E-state index contributed by atoms with van der Waals surface area (Å²) in [5.74, 6) is 0. The van der Waals surface area contributed by atoms with E-state index in [1.807, 2.05) is 36.5 Å². The molecular weight excluding hydrogens is 232 g/mol. The zero-order chi connectivity index (χ0) is 11.7. The van der Waals surface area contributed by atoms with Gasteiger partial charge < -0.3 is 0 Å². The van der Waals surface area contributed by atoms with Gasteiger partial charge in [-0.05, 0) is 35.9 Å². The average molecular weight is 241 g/mol. The van der Waals surface area contributed by atoms with Gasteiger partial charge in [0, 0.05) is 34.8 Å². The van der Waals surface area contributed by atoms with E-state index in [9.17, 15) is 0 Å². The summed E-state index contributed by atoms with van der Waals surface area (Å²) in [4.78, 5) is 8.34. The van der Waals surface area contributed by atoms with Gasteiger partial charge in [-0.15, -0.1) is 0 Å². The van der Waals surface area contributed by atoms with Gasteiger partial charge in [0.1, 0.15) is 0 Å². The number of hydrogen-bond acceptors (Lipinski definition) is 2. The SMILES string of the molecule is Clc1ccc2c(c1)N=C/C2=C/c1ccncc1. The Morgan fingerprint density at radius 2 is 1.88 bits per heavy atom. The second-order valence-electron chi connectivity index (χ2n) is 3.80. The van der Waals surface area contributed by atoms with Crippen molar-refractivity contribution in [1.29, 1.82) is 0 Å². The van der Waals surface area contributed by atoms with E-state index in [-0.39, 0.29) is 0 Å². The van der Waals surface area contributed by atoms with E-state index in [1.54, 1.807) is 12.4 Å². The molecule has 17 heavy (non-hydrogen) atoms. The van der Waals surface area contributed by atoms with Crippen LogP contribution in [-0.4, -0.2) is 11.2 Å². The molecule has 0 radical (unpaired) electrons. The van der Waals surface area contributed by atoms with Crippen molar-refractivity contribution >= 4 is 35.2 Å². The van der Waals surface area contributed by atoms with Crippen molar-refractivity contribution in [2.24, 2.45) is 4.99 Å². The van der Waals surface area contributed by atoms with Crippen LogP contribution in [0.4, 0.5) is 5.69 Å². The van der Waals surface area contributed by atoms with Crippen LogP contribution in [0.3, 0.4) is 0 Å². The summed E-state index contributed by atoms with van der Waals surface area (Å²) in [7, 11) is 0. The summed E-state index contributed by atoms with van der Waals surface area (Å²) < 4.78 is 0. The van der Waals surface area contributed by atoms with Crippen LogP contribution in [0.15, 0.2) is 47.7 Å². The predicted molar refractivity (Wildman–Crippen MR) is 71.7 cm³/mol. The molecule has 0 amide bonds. The molecule has 0 spiro atoms. The number of pyridine rings is 1. The van der Waals surface area contributed by atoms with Crippen LogP contribution in [0.1, 0.15) is 11.1 Å². The number of rotatable bonds is 1. The van der Waals surface area contributed by atoms with Gasteiger partial charge in [-0.2, -0.15) is 0 Å². The fourth-order valence-corrected chi connectivity index (χ4v) is 1.98. The molecule has 1 aromatic carbocycles. The number of hydrogen-bond donors (Lipinski definition) is 0. The van der Waals surface area contributed by atoms with Crippen LogP contribution < -0.4 is 0 Å². The monoisotopic (exact) mass is 240 g/mol. The summed E-state index contributed by atoms with van der Waals surface area (Å²) in [5, 5.41) is 0.714. The topological polar surface area (TPSA) is 25.2 Å². The Labute approximate surface area is 104 Å². The maximum Gasteiger partial charge on any atom is 0.0723 e. The predicted octanol–water partition coefficient (Wildman–Crippen LogP) is 3.99. The first kappa shape index (κ1) is 10.2. The average Bonchev–Trinajstić information content (AvgIpc) is 2.73. The third-order valence-electron chi connectivity index (χ3n) is 2.64. The minimum Gasteiger partial charge on any atom is -0.265 e. The minimum atomic E-state index is 0.714. The van der Waals surface area contributed by atoms with Crippen LogP contribution in [0.2, 0.25) is 5.02 Å². The lowest BCUT2D eigenvalue weighted by Crippen LogP contribution is -1.81. The lowest BCUT2D eigenvalue weighted by Gasteiger charge is -2.00. The van der Waals surface area contributed by atoms with Gasteiger partial charge in [-0.1, -0.05) is 17.7 Å². The normalized spacial score (nSPS) is 15.2. The quantitative estimate of drug-likeness (QED) is 0.740. The molecule has 1 aliphatic heterocycles. The molecule has 0 saturated heterocycles. The van der Waals surface area contributed by atoms with E-state index in [0.29, 0.717) is 5.02 Å². The van der Waals surface area contributed by atoms with Crippen molar-refractivity contribution in [3.63, 3.8) is 0 Å². The highest BCUT2D eigenvalue weighted by Gasteiger charge is 2.11. The Kier molecular flexibility index (Phi) is 2.50. The Morgan fingerprint density at radius 1 is 1.06 bits per heavy atom. The molecular formula is C14H9ClN2. The highest BCUT2D eigenvalue weighted by molar-refractivity contribution is 6.31. The van der Waals surface area contributed by atoms with E-state index >= 15 is 0 Å². The molecule has 0 unspecified atom stereocenters. The first-order valence-corrected chi connectivity index (χ1v) is 5.66. The molecule has 0 atom stereocenters. The van der Waals surface area contributed by atoms with E-state index in [4.69, 9.17) is 11.6 Å². The lowest BCUT2D eigenvalue weighted by atomic mass is 10.0. The summed E-state index contributed by atoms with van der Waals surface area (Å²) in [6.07, 6.45) is 7.51. The Balaban J connectivity index is 2.05. The second-order valence-corrected chi connectivity index (χ2v) is 4.24. The van der Waals surface area contributed by atoms with Gasteiger partial charge in [-0.3, -0.25) is 9.98 Å². The van der Waals surface area contributed by atoms with Gasteiger partial charge in [0.2, 0.25) is 0 Å². The molecule has 2 nitrogen and oxygen atoms in total. The van der Waals surface area contributed by atoms with Crippen LogP contribution in [0.5, 0.6) is 0 Å². The zero-order valence-corrected chi connectivity index (χ0v) is 9.72. The molecule has 3 heteroatoms. The standard InChI is InChI=1S/C14H9ClN2/c15-12-1-2-13-11(9-17-14(13)8-12)7-10-3-5-16-6-4-10/h1-9H/b11-7-. The first-order chi connectivity index (χ1) is 8.33. The largest absolute Gasteiger partial charge is 0.265 e. The molecule has 1 aromatic heterocycles. The number of aliphatic imine (C=N–C) groups is 1. The van der Waals surface area contributed by atoms with E-state index in [1.165, 1.54) is 0 Å². The molecule has 3 rings (SSSR count). The number of fused-ring (bicyclic) bond motifs is 1. The molecule has 0 fully saturated rings. The summed E-state index contributed by atoms with van der Waals surface area (Å²) in [6, 6.07) is 9.69. The van der Waals surface area contributed by atoms with Gasteiger partial charge in [0.05, 0.1) is 5.69 Å². The van der Waals surface area contributed by atoms with Crippen molar-refractivity contribution in [2.75, 3.05) is 0 Å². The molecule has 0 bridgehead atoms. The second kappa shape index (κ2) is 4.15. The Morgan fingerprint density at radius 3 is 2.71 bits per heavy atom. The Bertz CT molecular complexity index is 615. The van der Waals surface area contributed by atoms with Gasteiger partial charge in [0.15, 0.2) is 0 Å². The van der Waals surface area contributed by atoms with Crippen molar-refractivity contribution in [3.8, 4) is 0 Å². The molecule has 2 aromatic rings. The molecule has 1 aliphatic rings. The van der Waals surface area contributed by atoms with Crippen LogP contribution in [0.25, 0.3) is 11.6 Å². The molecule has 0 saturated carbocycles. The van der Waals surface area contributed by atoms with Crippen molar-refractivity contribution in [3.05, 3.63) is 58.9 Å². The highest BCUT2D eigenvalue weighted by atomic mass is 35.5. The summed E-state index contributed by atoms with van der Waals surface area (Å²) in [6.45, 7) is 0. The summed E-state index contributed by atoms with van der Waals surface area (Å²) in [5.41, 5.74) is 4.26. The number of halogens is 1. The van der Waals surface area contributed by atoms with E-state index in [0.717, 1.165) is 22.4 Å².